The van der Waals surface area contributed by atoms with Crippen molar-refractivity contribution >= 4 is 15.9 Å². The van der Waals surface area contributed by atoms with Crippen LogP contribution in [0, 0.1) is 18.6 Å². The maximum atomic E-state index is 13.7. The monoisotopic (exact) mass is 339 g/mol. The smallest absolute Gasteiger partial charge is 0.137 e. The minimum atomic E-state index is -0.285. The quantitative estimate of drug-likeness (QED) is 0.862. The first-order valence-corrected chi connectivity index (χ1v) is 7.18. The average molecular weight is 340 g/mol. The third kappa shape index (κ3) is 3.25. The Balaban J connectivity index is 2.28. The molecule has 106 valence electrons. The molecule has 0 aliphatic heterocycles. The number of hydrogen-bond donors (Lipinski definition) is 1. The van der Waals surface area contributed by atoms with E-state index in [9.17, 15) is 8.78 Å². The topological polar surface area (TPSA) is 12.0 Å². The van der Waals surface area contributed by atoms with Gasteiger partial charge < -0.3 is 5.32 Å². The van der Waals surface area contributed by atoms with Crippen molar-refractivity contribution in [2.75, 3.05) is 7.05 Å². The minimum Gasteiger partial charge on any atom is -0.313 e. The summed E-state index contributed by atoms with van der Waals surface area (Å²) in [6.07, 6.45) is 0.581. The van der Waals surface area contributed by atoms with Crippen molar-refractivity contribution in [3.8, 4) is 0 Å². The van der Waals surface area contributed by atoms with Crippen molar-refractivity contribution in [1.82, 2.24) is 5.32 Å². The molecule has 0 radical (unpaired) electrons. The van der Waals surface area contributed by atoms with Gasteiger partial charge in [0.15, 0.2) is 0 Å². The van der Waals surface area contributed by atoms with Gasteiger partial charge in [0.2, 0.25) is 0 Å². The molecule has 1 unspecified atom stereocenters. The summed E-state index contributed by atoms with van der Waals surface area (Å²) < 4.78 is 27.7. The minimum absolute atomic E-state index is 0.0665. The van der Waals surface area contributed by atoms with Crippen molar-refractivity contribution in [3.63, 3.8) is 0 Å². The van der Waals surface area contributed by atoms with Gasteiger partial charge >= 0.3 is 0 Å². The summed E-state index contributed by atoms with van der Waals surface area (Å²) in [5.74, 6) is -0.506. The van der Waals surface area contributed by atoms with Crippen LogP contribution in [0.1, 0.15) is 22.7 Å². The molecule has 0 saturated heterocycles. The Morgan fingerprint density at radius 2 is 1.90 bits per heavy atom. The zero-order chi connectivity index (χ0) is 14.7. The summed E-state index contributed by atoms with van der Waals surface area (Å²) in [6.45, 7) is 1.73. The van der Waals surface area contributed by atoms with E-state index in [4.69, 9.17) is 0 Å². The normalized spacial score (nSPS) is 12.4. The van der Waals surface area contributed by atoms with Crippen LogP contribution < -0.4 is 5.32 Å². The maximum Gasteiger partial charge on any atom is 0.137 e. The molecule has 0 fully saturated rings. The Kier molecular flexibility index (Phi) is 4.89. The standard InChI is InChI=1S/C16H16BrF2N/c1-10-6-7-11(8-14(10)19)15(20-2)9-12-4-3-5-13(18)16(12)17/h3-8,15,20H,9H2,1-2H3. The van der Waals surface area contributed by atoms with Crippen LogP contribution in [0.25, 0.3) is 0 Å². The van der Waals surface area contributed by atoms with Crippen LogP contribution >= 0.6 is 15.9 Å². The van der Waals surface area contributed by atoms with Crippen molar-refractivity contribution < 1.29 is 8.78 Å². The first-order chi connectivity index (χ1) is 9.52. The molecule has 0 aliphatic rings. The first-order valence-electron chi connectivity index (χ1n) is 6.39. The van der Waals surface area contributed by atoms with Gasteiger partial charge in [-0.05, 0) is 65.1 Å². The van der Waals surface area contributed by atoms with Gasteiger partial charge in [0.25, 0.3) is 0 Å². The molecule has 0 aromatic heterocycles. The molecule has 2 aromatic rings. The lowest BCUT2D eigenvalue weighted by Gasteiger charge is -2.18. The maximum absolute atomic E-state index is 13.7. The van der Waals surface area contributed by atoms with Crippen LogP contribution in [0.3, 0.4) is 0 Å². The van der Waals surface area contributed by atoms with Gasteiger partial charge in [-0.15, -0.1) is 0 Å². The van der Waals surface area contributed by atoms with E-state index in [0.717, 1.165) is 11.1 Å². The van der Waals surface area contributed by atoms with E-state index in [1.54, 1.807) is 19.1 Å². The summed E-state index contributed by atoms with van der Waals surface area (Å²) >= 11 is 3.26. The molecule has 20 heavy (non-hydrogen) atoms. The van der Waals surface area contributed by atoms with Crippen molar-refractivity contribution in [2.24, 2.45) is 0 Å². The van der Waals surface area contributed by atoms with E-state index in [1.807, 2.05) is 19.2 Å². The lowest BCUT2D eigenvalue weighted by Crippen LogP contribution is -2.19. The number of nitrogens with one attached hydrogen (secondary N) is 1. The van der Waals surface area contributed by atoms with Gasteiger partial charge in [0, 0.05) is 6.04 Å². The predicted molar refractivity (Wildman–Crippen MR) is 80.7 cm³/mol. The molecule has 0 aliphatic carbocycles. The van der Waals surface area contributed by atoms with E-state index in [-0.39, 0.29) is 17.7 Å². The predicted octanol–water partition coefficient (Wildman–Crippen LogP) is 4.54. The van der Waals surface area contributed by atoms with Gasteiger partial charge in [0.1, 0.15) is 11.6 Å². The number of halogens is 3. The molecule has 0 heterocycles. The molecule has 2 rings (SSSR count). The van der Waals surface area contributed by atoms with Gasteiger partial charge in [0.05, 0.1) is 4.47 Å². The van der Waals surface area contributed by atoms with Crippen LogP contribution in [-0.2, 0) is 6.42 Å². The van der Waals surface area contributed by atoms with Crippen molar-refractivity contribution in [3.05, 3.63) is 69.2 Å². The largest absolute Gasteiger partial charge is 0.313 e. The Hall–Kier alpha value is -1.26. The van der Waals surface area contributed by atoms with Crippen LogP contribution in [0.5, 0.6) is 0 Å². The summed E-state index contributed by atoms with van der Waals surface area (Å²) in [5, 5.41) is 3.15. The second-order valence-corrected chi connectivity index (χ2v) is 5.56. The second-order valence-electron chi connectivity index (χ2n) is 4.77. The fourth-order valence-electron chi connectivity index (χ4n) is 2.14. The number of benzene rings is 2. The van der Waals surface area contributed by atoms with E-state index >= 15 is 0 Å². The number of rotatable bonds is 4. The molecule has 0 spiro atoms. The molecule has 0 amide bonds. The van der Waals surface area contributed by atoms with Gasteiger partial charge in [-0.1, -0.05) is 24.3 Å². The van der Waals surface area contributed by atoms with E-state index in [0.29, 0.717) is 16.5 Å². The van der Waals surface area contributed by atoms with Crippen LogP contribution in [-0.4, -0.2) is 7.05 Å². The van der Waals surface area contributed by atoms with E-state index < -0.39 is 0 Å². The SMILES string of the molecule is CNC(Cc1cccc(F)c1Br)c1ccc(C)c(F)c1. The highest BCUT2D eigenvalue weighted by Gasteiger charge is 2.14. The van der Waals surface area contributed by atoms with E-state index in [2.05, 4.69) is 21.2 Å². The molecule has 1 nitrogen and oxygen atoms in total. The molecule has 2 aromatic carbocycles. The summed E-state index contributed by atoms with van der Waals surface area (Å²) in [7, 11) is 1.82. The Labute approximate surface area is 126 Å². The first kappa shape index (κ1) is 15.1. The van der Waals surface area contributed by atoms with Crippen molar-refractivity contribution in [1.29, 1.82) is 0 Å². The molecular weight excluding hydrogens is 324 g/mol. The van der Waals surface area contributed by atoms with Gasteiger partial charge in [-0.3, -0.25) is 0 Å². The second kappa shape index (κ2) is 6.46. The Morgan fingerprint density at radius 3 is 2.55 bits per heavy atom. The number of likely N-dealkylation sites (N-methyl/N-ethyl adjacent to an activating group) is 1. The highest BCUT2D eigenvalue weighted by molar-refractivity contribution is 9.10. The third-order valence-corrected chi connectivity index (χ3v) is 4.29. The van der Waals surface area contributed by atoms with Crippen LogP contribution in [0.4, 0.5) is 8.78 Å². The summed E-state index contributed by atoms with van der Waals surface area (Å²) in [5.41, 5.74) is 2.33. The van der Waals surface area contributed by atoms with Gasteiger partial charge in [-0.2, -0.15) is 0 Å². The Morgan fingerprint density at radius 1 is 1.15 bits per heavy atom. The number of hydrogen-bond acceptors (Lipinski definition) is 1. The van der Waals surface area contributed by atoms with Crippen LogP contribution in [0.2, 0.25) is 0 Å². The number of aryl methyl sites for hydroxylation is 1. The van der Waals surface area contributed by atoms with Crippen molar-refractivity contribution in [2.45, 2.75) is 19.4 Å². The lowest BCUT2D eigenvalue weighted by atomic mass is 9.98. The van der Waals surface area contributed by atoms with E-state index in [1.165, 1.54) is 12.1 Å². The molecular formula is C16H16BrF2N. The molecule has 1 atom stereocenters. The lowest BCUT2D eigenvalue weighted by molar-refractivity contribution is 0.568. The summed E-state index contributed by atoms with van der Waals surface area (Å²) in [6, 6.07) is 10.1. The molecule has 4 heteroatoms. The average Bonchev–Trinajstić information content (AvgIpc) is 2.44. The highest BCUT2D eigenvalue weighted by atomic mass is 79.9. The summed E-state index contributed by atoms with van der Waals surface area (Å²) in [4.78, 5) is 0. The van der Waals surface area contributed by atoms with Gasteiger partial charge in [-0.25, -0.2) is 8.78 Å². The molecule has 0 bridgehead atoms. The third-order valence-electron chi connectivity index (χ3n) is 3.40. The highest BCUT2D eigenvalue weighted by Crippen LogP contribution is 2.26. The molecule has 1 N–H and O–H groups in total. The van der Waals surface area contributed by atoms with Crippen LogP contribution in [0.15, 0.2) is 40.9 Å². The fraction of sp³-hybridized carbons (Fsp3) is 0.250. The fourth-order valence-corrected chi connectivity index (χ4v) is 2.56. The Bertz CT molecular complexity index is 613. The zero-order valence-electron chi connectivity index (χ0n) is 11.4. The zero-order valence-corrected chi connectivity index (χ0v) is 13.0. The molecule has 0 saturated carbocycles.